The molecule has 0 aliphatic rings. The third kappa shape index (κ3) is 5.26. The van der Waals surface area contributed by atoms with Crippen LogP contribution in [0.15, 0.2) is 18.2 Å². The third-order valence-electron chi connectivity index (χ3n) is 2.56. The second kappa shape index (κ2) is 7.74. The molecular formula is C14H22N2O3. The number of nitrogens with one attached hydrogen (secondary N) is 1. The van der Waals surface area contributed by atoms with Crippen molar-refractivity contribution in [1.82, 2.24) is 5.32 Å². The lowest BCUT2D eigenvalue weighted by Gasteiger charge is -2.10. The third-order valence-corrected chi connectivity index (χ3v) is 2.56. The number of nitro groups is 1. The second-order valence-electron chi connectivity index (χ2n) is 4.93. The van der Waals surface area contributed by atoms with E-state index in [9.17, 15) is 10.1 Å². The smallest absolute Gasteiger partial charge is 0.310 e. The molecule has 0 aliphatic heterocycles. The predicted octanol–water partition coefficient (Wildman–Crippen LogP) is 3.13. The van der Waals surface area contributed by atoms with Gasteiger partial charge in [0, 0.05) is 12.6 Å². The standard InChI is InChI=1S/C14H22N2O3/c1-4-7-19-14-8-12(10-15-9-11(2)3)5-6-13(14)16(17)18/h5-6,8,11,15H,4,7,9-10H2,1-3H3. The molecule has 0 unspecified atom stereocenters. The van der Waals surface area contributed by atoms with Crippen LogP contribution in [0, 0.1) is 16.0 Å². The molecular weight excluding hydrogens is 244 g/mol. The Morgan fingerprint density at radius 1 is 1.42 bits per heavy atom. The molecule has 5 heteroatoms. The van der Waals surface area contributed by atoms with Gasteiger partial charge in [-0.05, 0) is 30.5 Å². The first-order chi connectivity index (χ1) is 9.04. The minimum atomic E-state index is -0.406. The average molecular weight is 266 g/mol. The summed E-state index contributed by atoms with van der Waals surface area (Å²) in [5, 5.41) is 14.2. The van der Waals surface area contributed by atoms with Crippen molar-refractivity contribution in [2.75, 3.05) is 13.2 Å². The van der Waals surface area contributed by atoms with Gasteiger partial charge in [-0.1, -0.05) is 26.8 Å². The summed E-state index contributed by atoms with van der Waals surface area (Å²) in [6, 6.07) is 5.03. The van der Waals surface area contributed by atoms with Crippen LogP contribution in [-0.4, -0.2) is 18.1 Å². The first-order valence-corrected chi connectivity index (χ1v) is 6.65. The summed E-state index contributed by atoms with van der Waals surface area (Å²) in [6.45, 7) is 8.35. The van der Waals surface area contributed by atoms with E-state index < -0.39 is 4.92 Å². The first kappa shape index (κ1) is 15.4. The van der Waals surface area contributed by atoms with Gasteiger partial charge in [-0.2, -0.15) is 0 Å². The zero-order chi connectivity index (χ0) is 14.3. The Morgan fingerprint density at radius 2 is 2.16 bits per heavy atom. The Bertz CT molecular complexity index is 419. The Labute approximate surface area is 114 Å². The largest absolute Gasteiger partial charge is 0.487 e. The number of nitrogens with zero attached hydrogens (tertiary/aromatic N) is 1. The molecule has 1 aromatic carbocycles. The number of nitro benzene ring substituents is 1. The maximum absolute atomic E-state index is 10.9. The van der Waals surface area contributed by atoms with Gasteiger partial charge in [0.15, 0.2) is 5.75 Å². The minimum absolute atomic E-state index is 0.0288. The van der Waals surface area contributed by atoms with Gasteiger partial charge in [-0.25, -0.2) is 0 Å². The molecule has 0 aromatic heterocycles. The summed E-state index contributed by atoms with van der Waals surface area (Å²) in [5.74, 6) is 0.935. The molecule has 0 saturated heterocycles. The zero-order valence-electron chi connectivity index (χ0n) is 11.8. The highest BCUT2D eigenvalue weighted by Gasteiger charge is 2.15. The van der Waals surface area contributed by atoms with Crippen LogP contribution in [0.5, 0.6) is 5.75 Å². The summed E-state index contributed by atoms with van der Waals surface area (Å²) in [5.41, 5.74) is 1.03. The van der Waals surface area contributed by atoms with E-state index in [0.717, 1.165) is 18.5 Å². The Kier molecular flexibility index (Phi) is 6.29. The van der Waals surface area contributed by atoms with Crippen LogP contribution in [0.25, 0.3) is 0 Å². The molecule has 0 bridgehead atoms. The van der Waals surface area contributed by atoms with Crippen molar-refractivity contribution in [3.63, 3.8) is 0 Å². The fraction of sp³-hybridized carbons (Fsp3) is 0.571. The summed E-state index contributed by atoms with van der Waals surface area (Å²) in [6.07, 6.45) is 0.826. The van der Waals surface area contributed by atoms with Gasteiger partial charge in [0.1, 0.15) is 0 Å². The maximum Gasteiger partial charge on any atom is 0.310 e. The number of benzene rings is 1. The van der Waals surface area contributed by atoms with Crippen LogP contribution in [0.1, 0.15) is 32.8 Å². The quantitative estimate of drug-likeness (QED) is 0.580. The fourth-order valence-electron chi connectivity index (χ4n) is 1.65. The molecule has 1 N–H and O–H groups in total. The Balaban J connectivity index is 2.76. The van der Waals surface area contributed by atoms with E-state index in [4.69, 9.17) is 4.74 Å². The molecule has 106 valence electrons. The van der Waals surface area contributed by atoms with Crippen LogP contribution in [0.4, 0.5) is 5.69 Å². The minimum Gasteiger partial charge on any atom is -0.487 e. The van der Waals surface area contributed by atoms with Crippen LogP contribution in [-0.2, 0) is 6.54 Å². The molecule has 5 nitrogen and oxygen atoms in total. The molecule has 1 rings (SSSR count). The van der Waals surface area contributed by atoms with Gasteiger partial charge in [0.05, 0.1) is 11.5 Å². The first-order valence-electron chi connectivity index (χ1n) is 6.65. The Morgan fingerprint density at radius 3 is 2.74 bits per heavy atom. The number of ether oxygens (including phenoxy) is 1. The molecule has 0 spiro atoms. The molecule has 19 heavy (non-hydrogen) atoms. The van der Waals surface area contributed by atoms with Crippen LogP contribution in [0.2, 0.25) is 0 Å². The Hall–Kier alpha value is -1.62. The van der Waals surface area contributed by atoms with Crippen LogP contribution in [0.3, 0.4) is 0 Å². The molecule has 0 atom stereocenters. The molecule has 0 heterocycles. The summed E-state index contributed by atoms with van der Waals surface area (Å²) in [4.78, 5) is 10.5. The highest BCUT2D eigenvalue weighted by Crippen LogP contribution is 2.28. The molecule has 0 amide bonds. The van der Waals surface area contributed by atoms with E-state index in [1.165, 1.54) is 6.07 Å². The van der Waals surface area contributed by atoms with E-state index in [-0.39, 0.29) is 5.69 Å². The van der Waals surface area contributed by atoms with Crippen LogP contribution < -0.4 is 10.1 Å². The molecule has 1 aromatic rings. The summed E-state index contributed by atoms with van der Waals surface area (Å²) >= 11 is 0. The van der Waals surface area contributed by atoms with Gasteiger partial charge in [-0.3, -0.25) is 10.1 Å². The van der Waals surface area contributed by atoms with E-state index in [1.807, 2.05) is 6.92 Å². The highest BCUT2D eigenvalue weighted by atomic mass is 16.6. The van der Waals surface area contributed by atoms with Crippen molar-refractivity contribution >= 4 is 5.69 Å². The van der Waals surface area contributed by atoms with Crippen molar-refractivity contribution in [2.45, 2.75) is 33.7 Å². The number of rotatable bonds is 8. The van der Waals surface area contributed by atoms with E-state index >= 15 is 0 Å². The number of hydrogen-bond acceptors (Lipinski definition) is 4. The highest BCUT2D eigenvalue weighted by molar-refractivity contribution is 5.48. The predicted molar refractivity (Wildman–Crippen MR) is 75.4 cm³/mol. The van der Waals surface area contributed by atoms with E-state index in [1.54, 1.807) is 12.1 Å². The fourth-order valence-corrected chi connectivity index (χ4v) is 1.65. The number of hydrogen-bond donors (Lipinski definition) is 1. The molecule has 0 radical (unpaired) electrons. The van der Waals surface area contributed by atoms with Gasteiger partial charge >= 0.3 is 5.69 Å². The van der Waals surface area contributed by atoms with Crippen molar-refractivity contribution in [2.24, 2.45) is 5.92 Å². The monoisotopic (exact) mass is 266 g/mol. The molecule has 0 fully saturated rings. The van der Waals surface area contributed by atoms with Crippen molar-refractivity contribution in [3.05, 3.63) is 33.9 Å². The van der Waals surface area contributed by atoms with E-state index in [0.29, 0.717) is 24.8 Å². The normalized spacial score (nSPS) is 10.7. The van der Waals surface area contributed by atoms with E-state index in [2.05, 4.69) is 19.2 Å². The maximum atomic E-state index is 10.9. The van der Waals surface area contributed by atoms with Crippen LogP contribution >= 0.6 is 0 Å². The average Bonchev–Trinajstić information content (AvgIpc) is 2.35. The summed E-state index contributed by atoms with van der Waals surface area (Å²) < 4.78 is 5.45. The lowest BCUT2D eigenvalue weighted by Crippen LogP contribution is -2.19. The lowest BCUT2D eigenvalue weighted by atomic mass is 10.1. The van der Waals surface area contributed by atoms with Gasteiger partial charge in [0.2, 0.25) is 0 Å². The SMILES string of the molecule is CCCOc1cc(CNCC(C)C)ccc1[N+](=O)[O-]. The molecule has 0 aliphatic carbocycles. The van der Waals surface area contributed by atoms with Gasteiger partial charge in [-0.15, -0.1) is 0 Å². The van der Waals surface area contributed by atoms with Gasteiger partial charge in [0.25, 0.3) is 0 Å². The second-order valence-corrected chi connectivity index (χ2v) is 4.93. The van der Waals surface area contributed by atoms with Crippen molar-refractivity contribution < 1.29 is 9.66 Å². The zero-order valence-corrected chi connectivity index (χ0v) is 11.8. The summed E-state index contributed by atoms with van der Waals surface area (Å²) in [7, 11) is 0. The van der Waals surface area contributed by atoms with Crippen molar-refractivity contribution in [1.29, 1.82) is 0 Å². The topological polar surface area (TPSA) is 64.4 Å². The van der Waals surface area contributed by atoms with Crippen molar-refractivity contribution in [3.8, 4) is 5.75 Å². The van der Waals surface area contributed by atoms with Gasteiger partial charge < -0.3 is 10.1 Å². The molecule has 0 saturated carbocycles. The lowest BCUT2D eigenvalue weighted by molar-refractivity contribution is -0.385.